The van der Waals surface area contributed by atoms with Gasteiger partial charge in [-0.3, -0.25) is 4.79 Å². The van der Waals surface area contributed by atoms with Gasteiger partial charge in [0.25, 0.3) is 0 Å². The van der Waals surface area contributed by atoms with Crippen molar-refractivity contribution in [3.63, 3.8) is 0 Å². The van der Waals surface area contributed by atoms with Gasteiger partial charge in [0.1, 0.15) is 0 Å². The Balaban J connectivity index is 1.37. The molecule has 8 heteroatoms. The molecular weight excluding hydrogens is 418 g/mol. The number of aromatic nitrogens is 2. The van der Waals surface area contributed by atoms with E-state index in [2.05, 4.69) is 10.4 Å². The van der Waals surface area contributed by atoms with Crippen molar-refractivity contribution in [2.24, 2.45) is 0 Å². The highest BCUT2D eigenvalue weighted by Gasteiger charge is 2.28. The van der Waals surface area contributed by atoms with Gasteiger partial charge < -0.3 is 19.9 Å². The van der Waals surface area contributed by atoms with Gasteiger partial charge in [0, 0.05) is 38.4 Å². The van der Waals surface area contributed by atoms with Gasteiger partial charge in [0.2, 0.25) is 5.91 Å². The maximum absolute atomic E-state index is 13.2. The lowest BCUT2D eigenvalue weighted by atomic mass is 9.97. The molecule has 0 radical (unpaired) electrons. The lowest BCUT2D eigenvalue weighted by Crippen LogP contribution is -2.46. The second-order valence-corrected chi connectivity index (χ2v) is 8.07. The van der Waals surface area contributed by atoms with Crippen LogP contribution in [-0.4, -0.2) is 71.4 Å². The second-order valence-electron chi connectivity index (χ2n) is 8.07. The topological polar surface area (TPSA) is 79.7 Å². The Labute approximate surface area is 193 Å². The van der Waals surface area contributed by atoms with Gasteiger partial charge in [-0.05, 0) is 17.7 Å². The van der Waals surface area contributed by atoms with Crippen LogP contribution in [0.5, 0.6) is 0 Å². The molecule has 3 amide bonds. The molecule has 1 unspecified atom stereocenters. The number of carbonyl (C=O) groups excluding carboxylic acids is 2. The Kier molecular flexibility index (Phi) is 7.36. The minimum Gasteiger partial charge on any atom is -0.378 e. The zero-order valence-corrected chi connectivity index (χ0v) is 18.8. The molecule has 3 aromatic rings. The van der Waals surface area contributed by atoms with E-state index in [4.69, 9.17) is 4.74 Å². The molecule has 172 valence electrons. The van der Waals surface area contributed by atoms with Crippen molar-refractivity contribution >= 4 is 11.9 Å². The molecule has 1 fully saturated rings. The number of morpholine rings is 1. The van der Waals surface area contributed by atoms with Crippen molar-refractivity contribution in [1.29, 1.82) is 0 Å². The summed E-state index contributed by atoms with van der Waals surface area (Å²) < 4.78 is 7.16. The predicted molar refractivity (Wildman–Crippen MR) is 125 cm³/mol. The van der Waals surface area contributed by atoms with Gasteiger partial charge in [0.05, 0.1) is 37.6 Å². The third-order valence-electron chi connectivity index (χ3n) is 5.70. The van der Waals surface area contributed by atoms with Gasteiger partial charge in [-0.15, -0.1) is 0 Å². The molecule has 33 heavy (non-hydrogen) atoms. The molecule has 1 aliphatic heterocycles. The average molecular weight is 448 g/mol. The van der Waals surface area contributed by atoms with Crippen LogP contribution in [0.2, 0.25) is 0 Å². The highest BCUT2D eigenvalue weighted by molar-refractivity contribution is 5.85. The van der Waals surface area contributed by atoms with E-state index in [9.17, 15) is 9.59 Å². The Morgan fingerprint density at radius 1 is 1.06 bits per heavy atom. The summed E-state index contributed by atoms with van der Waals surface area (Å²) in [6.07, 6.45) is 3.67. The SMILES string of the molecule is CN(Cc1cnn(-c2ccccc2)c1)C(=O)NCC(C(=O)N1CCOCC1)c1ccccc1. The number of ether oxygens (including phenoxy) is 1. The summed E-state index contributed by atoms with van der Waals surface area (Å²) >= 11 is 0. The van der Waals surface area contributed by atoms with E-state index in [0.29, 0.717) is 32.8 Å². The summed E-state index contributed by atoms with van der Waals surface area (Å²) in [5.41, 5.74) is 2.77. The zero-order chi connectivity index (χ0) is 23.0. The smallest absolute Gasteiger partial charge is 0.317 e. The maximum Gasteiger partial charge on any atom is 0.317 e. The molecule has 1 saturated heterocycles. The van der Waals surface area contributed by atoms with Crippen molar-refractivity contribution in [2.45, 2.75) is 12.5 Å². The van der Waals surface area contributed by atoms with Crippen molar-refractivity contribution < 1.29 is 14.3 Å². The summed E-state index contributed by atoms with van der Waals surface area (Å²) in [6, 6.07) is 19.2. The number of benzene rings is 2. The summed E-state index contributed by atoms with van der Waals surface area (Å²) in [5.74, 6) is -0.431. The third-order valence-corrected chi connectivity index (χ3v) is 5.70. The molecular formula is C25H29N5O3. The highest BCUT2D eigenvalue weighted by atomic mass is 16.5. The van der Waals surface area contributed by atoms with Crippen molar-refractivity contribution in [3.8, 4) is 5.69 Å². The molecule has 0 saturated carbocycles. The molecule has 8 nitrogen and oxygen atoms in total. The fourth-order valence-electron chi connectivity index (χ4n) is 3.87. The maximum atomic E-state index is 13.2. The van der Waals surface area contributed by atoms with Crippen molar-refractivity contribution in [2.75, 3.05) is 39.9 Å². The van der Waals surface area contributed by atoms with Crippen LogP contribution in [0.25, 0.3) is 5.69 Å². The number of hydrogen-bond donors (Lipinski definition) is 1. The fourth-order valence-corrected chi connectivity index (χ4v) is 3.87. The minimum absolute atomic E-state index is 0.0107. The molecule has 0 aliphatic carbocycles. The van der Waals surface area contributed by atoms with E-state index in [0.717, 1.165) is 16.8 Å². The molecule has 2 heterocycles. The lowest BCUT2D eigenvalue weighted by molar-refractivity contribution is -0.136. The molecule has 0 bridgehead atoms. The summed E-state index contributed by atoms with van der Waals surface area (Å²) in [7, 11) is 1.73. The van der Waals surface area contributed by atoms with E-state index in [1.165, 1.54) is 0 Å². The number of hydrogen-bond acceptors (Lipinski definition) is 4. The Morgan fingerprint density at radius 3 is 2.42 bits per heavy atom. The second kappa shape index (κ2) is 10.8. The quantitative estimate of drug-likeness (QED) is 0.604. The first-order chi connectivity index (χ1) is 16.1. The van der Waals surface area contributed by atoms with Crippen LogP contribution in [0.15, 0.2) is 73.1 Å². The predicted octanol–water partition coefficient (Wildman–Crippen LogP) is 2.66. The average Bonchev–Trinajstić information content (AvgIpc) is 3.34. The van der Waals surface area contributed by atoms with Gasteiger partial charge in [-0.2, -0.15) is 5.10 Å². The summed E-state index contributed by atoms with van der Waals surface area (Å²) in [6.45, 7) is 2.86. The summed E-state index contributed by atoms with van der Waals surface area (Å²) in [5, 5.41) is 7.33. The number of nitrogens with one attached hydrogen (secondary N) is 1. The minimum atomic E-state index is -0.442. The van der Waals surface area contributed by atoms with Crippen LogP contribution in [0.3, 0.4) is 0 Å². The number of rotatable bonds is 7. The molecule has 1 N–H and O–H groups in total. The third kappa shape index (κ3) is 5.78. The summed E-state index contributed by atoms with van der Waals surface area (Å²) in [4.78, 5) is 29.4. The van der Waals surface area contributed by atoms with E-state index in [-0.39, 0.29) is 18.5 Å². The Hall–Kier alpha value is -3.65. The first-order valence-corrected chi connectivity index (χ1v) is 11.1. The number of para-hydroxylation sites is 1. The largest absolute Gasteiger partial charge is 0.378 e. The fraction of sp³-hybridized carbons (Fsp3) is 0.320. The Morgan fingerprint density at radius 2 is 1.73 bits per heavy atom. The molecule has 1 aliphatic rings. The van der Waals surface area contributed by atoms with Gasteiger partial charge in [-0.1, -0.05) is 48.5 Å². The van der Waals surface area contributed by atoms with Crippen LogP contribution < -0.4 is 5.32 Å². The van der Waals surface area contributed by atoms with Gasteiger partial charge in [-0.25, -0.2) is 9.48 Å². The van der Waals surface area contributed by atoms with E-state index >= 15 is 0 Å². The van der Waals surface area contributed by atoms with Crippen LogP contribution in [0, 0.1) is 0 Å². The normalized spacial score (nSPS) is 14.5. The first-order valence-electron chi connectivity index (χ1n) is 11.1. The van der Waals surface area contributed by atoms with Crippen molar-refractivity contribution in [1.82, 2.24) is 24.9 Å². The number of urea groups is 1. The van der Waals surface area contributed by atoms with Crippen LogP contribution in [-0.2, 0) is 16.1 Å². The number of carbonyl (C=O) groups is 2. The van der Waals surface area contributed by atoms with Gasteiger partial charge >= 0.3 is 6.03 Å². The number of amides is 3. The molecule has 4 rings (SSSR count). The number of nitrogens with zero attached hydrogens (tertiary/aromatic N) is 4. The van der Waals surface area contributed by atoms with Gasteiger partial charge in [0.15, 0.2) is 0 Å². The first kappa shape index (κ1) is 22.5. The lowest BCUT2D eigenvalue weighted by Gasteiger charge is -2.31. The highest BCUT2D eigenvalue weighted by Crippen LogP contribution is 2.19. The van der Waals surface area contributed by atoms with Crippen LogP contribution >= 0.6 is 0 Å². The zero-order valence-electron chi connectivity index (χ0n) is 18.8. The van der Waals surface area contributed by atoms with Crippen LogP contribution in [0.4, 0.5) is 4.79 Å². The standard InChI is InChI=1S/C25H29N5O3/c1-28(18-20-16-27-30(19-20)22-10-6-3-7-11-22)25(32)26-17-23(21-8-4-2-5-9-21)24(31)29-12-14-33-15-13-29/h2-11,16,19,23H,12-15,17-18H2,1H3,(H,26,32). The van der Waals surface area contributed by atoms with Crippen molar-refractivity contribution in [3.05, 3.63) is 84.2 Å². The van der Waals surface area contributed by atoms with E-state index in [1.54, 1.807) is 22.8 Å². The molecule has 2 aromatic carbocycles. The Bertz CT molecular complexity index is 1050. The monoisotopic (exact) mass is 447 g/mol. The molecule has 0 spiro atoms. The van der Waals surface area contributed by atoms with E-state index < -0.39 is 5.92 Å². The van der Waals surface area contributed by atoms with E-state index in [1.807, 2.05) is 71.8 Å². The molecule has 1 atom stereocenters. The molecule has 1 aromatic heterocycles. The van der Waals surface area contributed by atoms with Crippen LogP contribution in [0.1, 0.15) is 17.0 Å².